The molecule has 0 aliphatic carbocycles. The summed E-state index contributed by atoms with van der Waals surface area (Å²) in [6.07, 6.45) is 3.72. The molecule has 1 aliphatic heterocycles. The predicted molar refractivity (Wildman–Crippen MR) is 59.4 cm³/mol. The normalized spacial score (nSPS) is 20.9. The zero-order valence-corrected chi connectivity index (χ0v) is 9.12. The number of hydrogen-bond acceptors (Lipinski definition) is 2. The third-order valence-corrected chi connectivity index (χ3v) is 3.01. The van der Waals surface area contributed by atoms with Crippen molar-refractivity contribution in [3.05, 3.63) is 24.1 Å². The molecule has 1 atom stereocenters. The topological polar surface area (TPSA) is 16.1 Å². The fraction of sp³-hybridized carbons (Fsp3) is 0.583. The van der Waals surface area contributed by atoms with Gasteiger partial charge in [-0.3, -0.25) is 0 Å². The van der Waals surface area contributed by atoms with Crippen LogP contribution < -0.4 is 4.90 Å². The minimum Gasteiger partial charge on any atom is -0.356 e. The van der Waals surface area contributed by atoms with Gasteiger partial charge < -0.3 is 4.90 Å². The summed E-state index contributed by atoms with van der Waals surface area (Å²) in [5, 5.41) is 0. The maximum atomic E-state index is 12.9. The van der Waals surface area contributed by atoms with Crippen molar-refractivity contribution in [2.75, 3.05) is 18.0 Å². The van der Waals surface area contributed by atoms with Gasteiger partial charge in [0.15, 0.2) is 0 Å². The van der Waals surface area contributed by atoms with Crippen LogP contribution in [0.1, 0.15) is 26.2 Å². The molecule has 0 radical (unpaired) electrons. The van der Waals surface area contributed by atoms with E-state index in [4.69, 9.17) is 0 Å². The molecular formula is C12H17FN2. The first-order valence-electron chi connectivity index (χ1n) is 5.67. The van der Waals surface area contributed by atoms with E-state index in [0.29, 0.717) is 0 Å². The molecule has 1 aromatic heterocycles. The van der Waals surface area contributed by atoms with Gasteiger partial charge in [-0.2, -0.15) is 4.39 Å². The van der Waals surface area contributed by atoms with Crippen molar-refractivity contribution in [3.8, 4) is 0 Å². The fourth-order valence-electron chi connectivity index (χ4n) is 2.26. The van der Waals surface area contributed by atoms with Crippen molar-refractivity contribution in [2.45, 2.75) is 26.2 Å². The quantitative estimate of drug-likeness (QED) is 0.710. The summed E-state index contributed by atoms with van der Waals surface area (Å²) < 4.78 is 12.9. The van der Waals surface area contributed by atoms with Crippen LogP contribution in [0.2, 0.25) is 0 Å². The number of pyridine rings is 1. The second-order valence-electron chi connectivity index (χ2n) is 4.21. The molecule has 1 aliphatic rings. The first-order chi connectivity index (χ1) is 7.29. The van der Waals surface area contributed by atoms with Crippen LogP contribution in [0.15, 0.2) is 18.2 Å². The molecule has 2 rings (SSSR count). The Labute approximate surface area is 90.1 Å². The van der Waals surface area contributed by atoms with Crippen molar-refractivity contribution in [1.29, 1.82) is 0 Å². The van der Waals surface area contributed by atoms with Gasteiger partial charge in [-0.1, -0.05) is 19.4 Å². The Morgan fingerprint density at radius 1 is 1.53 bits per heavy atom. The highest BCUT2D eigenvalue weighted by atomic mass is 19.1. The van der Waals surface area contributed by atoms with Gasteiger partial charge in [-0.05, 0) is 30.9 Å². The lowest BCUT2D eigenvalue weighted by molar-refractivity contribution is 0.529. The molecule has 1 aromatic rings. The minimum atomic E-state index is -0.383. The van der Waals surface area contributed by atoms with E-state index in [1.165, 1.54) is 25.3 Å². The van der Waals surface area contributed by atoms with Crippen LogP contribution in [0.25, 0.3) is 0 Å². The maximum absolute atomic E-state index is 12.9. The van der Waals surface area contributed by atoms with Gasteiger partial charge in [-0.25, -0.2) is 4.98 Å². The molecular weight excluding hydrogens is 191 g/mol. The van der Waals surface area contributed by atoms with E-state index in [1.54, 1.807) is 6.07 Å². The zero-order valence-electron chi connectivity index (χ0n) is 9.12. The first kappa shape index (κ1) is 10.4. The van der Waals surface area contributed by atoms with Crippen molar-refractivity contribution < 1.29 is 4.39 Å². The first-order valence-corrected chi connectivity index (χ1v) is 5.67. The molecule has 3 heteroatoms. The average Bonchev–Trinajstić information content (AvgIpc) is 2.67. The lowest BCUT2D eigenvalue weighted by Gasteiger charge is -2.17. The van der Waals surface area contributed by atoms with E-state index in [-0.39, 0.29) is 5.95 Å². The van der Waals surface area contributed by atoms with Crippen LogP contribution in [-0.2, 0) is 0 Å². The molecule has 15 heavy (non-hydrogen) atoms. The molecule has 2 nitrogen and oxygen atoms in total. The third kappa shape index (κ3) is 2.46. The molecule has 0 bridgehead atoms. The molecule has 0 saturated carbocycles. The molecule has 0 amide bonds. The number of nitrogens with zero attached hydrogens (tertiary/aromatic N) is 2. The molecule has 0 spiro atoms. The summed E-state index contributed by atoms with van der Waals surface area (Å²) in [7, 11) is 0. The summed E-state index contributed by atoms with van der Waals surface area (Å²) in [5.41, 5.74) is 0. The van der Waals surface area contributed by atoms with Crippen LogP contribution in [0.4, 0.5) is 10.2 Å². The monoisotopic (exact) mass is 208 g/mol. The lowest BCUT2D eigenvalue weighted by Crippen LogP contribution is -2.20. The summed E-state index contributed by atoms with van der Waals surface area (Å²) >= 11 is 0. The highest BCUT2D eigenvalue weighted by Crippen LogP contribution is 2.24. The van der Waals surface area contributed by atoms with Crippen LogP contribution >= 0.6 is 0 Å². The highest BCUT2D eigenvalue weighted by molar-refractivity contribution is 5.39. The predicted octanol–water partition coefficient (Wildman–Crippen LogP) is 2.85. The summed E-state index contributed by atoms with van der Waals surface area (Å²) in [5.74, 6) is 1.17. The van der Waals surface area contributed by atoms with Crippen molar-refractivity contribution >= 4 is 5.82 Å². The second kappa shape index (κ2) is 4.60. The van der Waals surface area contributed by atoms with Crippen molar-refractivity contribution in [2.24, 2.45) is 5.92 Å². The van der Waals surface area contributed by atoms with Gasteiger partial charge in [0.2, 0.25) is 5.95 Å². The number of rotatable bonds is 3. The van der Waals surface area contributed by atoms with Gasteiger partial charge in [0.05, 0.1) is 0 Å². The van der Waals surface area contributed by atoms with Crippen LogP contribution in [-0.4, -0.2) is 18.1 Å². The van der Waals surface area contributed by atoms with Crippen LogP contribution in [0.5, 0.6) is 0 Å². The number of halogens is 1. The average molecular weight is 208 g/mol. The van der Waals surface area contributed by atoms with Gasteiger partial charge in [-0.15, -0.1) is 0 Å². The Bertz CT molecular complexity index is 327. The van der Waals surface area contributed by atoms with Crippen molar-refractivity contribution in [1.82, 2.24) is 4.98 Å². The summed E-state index contributed by atoms with van der Waals surface area (Å²) in [6.45, 7) is 4.26. The Hall–Kier alpha value is -1.12. The molecule has 1 saturated heterocycles. The summed E-state index contributed by atoms with van der Waals surface area (Å²) in [6, 6.07) is 5.01. The SMILES string of the molecule is CCCC1CCN(c2cccc(F)n2)C1. The molecule has 2 heterocycles. The smallest absolute Gasteiger partial charge is 0.214 e. The maximum Gasteiger partial charge on any atom is 0.214 e. The lowest BCUT2D eigenvalue weighted by atomic mass is 10.0. The largest absolute Gasteiger partial charge is 0.356 e. The van der Waals surface area contributed by atoms with Crippen LogP contribution in [0, 0.1) is 11.9 Å². The Balaban J connectivity index is 2.01. The zero-order chi connectivity index (χ0) is 10.7. The van der Waals surface area contributed by atoms with E-state index >= 15 is 0 Å². The van der Waals surface area contributed by atoms with E-state index in [1.807, 2.05) is 6.07 Å². The summed E-state index contributed by atoms with van der Waals surface area (Å²) in [4.78, 5) is 6.09. The van der Waals surface area contributed by atoms with Gasteiger partial charge in [0, 0.05) is 13.1 Å². The number of hydrogen-bond donors (Lipinski definition) is 0. The molecule has 82 valence electrons. The van der Waals surface area contributed by atoms with Gasteiger partial charge in [0.1, 0.15) is 5.82 Å². The Morgan fingerprint density at radius 2 is 2.40 bits per heavy atom. The number of anilines is 1. The molecule has 0 aromatic carbocycles. The fourth-order valence-corrected chi connectivity index (χ4v) is 2.26. The number of aromatic nitrogens is 1. The third-order valence-electron chi connectivity index (χ3n) is 3.01. The highest BCUT2D eigenvalue weighted by Gasteiger charge is 2.22. The van der Waals surface area contributed by atoms with E-state index in [0.717, 1.165) is 24.8 Å². The molecule has 1 unspecified atom stereocenters. The minimum absolute atomic E-state index is 0.383. The van der Waals surface area contributed by atoms with E-state index < -0.39 is 0 Å². The van der Waals surface area contributed by atoms with E-state index in [2.05, 4.69) is 16.8 Å². The Kier molecular flexibility index (Phi) is 3.19. The Morgan fingerprint density at radius 3 is 3.13 bits per heavy atom. The van der Waals surface area contributed by atoms with E-state index in [9.17, 15) is 4.39 Å². The molecule has 1 fully saturated rings. The van der Waals surface area contributed by atoms with Gasteiger partial charge in [0.25, 0.3) is 0 Å². The van der Waals surface area contributed by atoms with Crippen LogP contribution in [0.3, 0.4) is 0 Å². The van der Waals surface area contributed by atoms with Gasteiger partial charge >= 0.3 is 0 Å². The second-order valence-corrected chi connectivity index (χ2v) is 4.21. The molecule has 0 N–H and O–H groups in total. The standard InChI is InChI=1S/C12H17FN2/c1-2-4-10-7-8-15(9-10)12-6-3-5-11(13)14-12/h3,5-6,10H,2,4,7-9H2,1H3. The van der Waals surface area contributed by atoms with Crippen molar-refractivity contribution in [3.63, 3.8) is 0 Å².